The van der Waals surface area contributed by atoms with Crippen LogP contribution in [-0.4, -0.2) is 49.5 Å². The van der Waals surface area contributed by atoms with Crippen molar-refractivity contribution in [2.75, 3.05) is 35.3 Å². The quantitative estimate of drug-likeness (QED) is 0.868. The normalized spacial score (nSPS) is 22.8. The van der Waals surface area contributed by atoms with Gasteiger partial charge in [0.1, 0.15) is 5.02 Å². The van der Waals surface area contributed by atoms with Gasteiger partial charge in [-0.15, -0.1) is 0 Å². The van der Waals surface area contributed by atoms with Crippen LogP contribution >= 0.6 is 11.6 Å². The molecular formula is C10H15ClN4O2S. The summed E-state index contributed by atoms with van der Waals surface area (Å²) in [5.74, 6) is 1.31. The van der Waals surface area contributed by atoms with Crippen LogP contribution in [0, 0.1) is 0 Å². The second-order valence-electron chi connectivity index (χ2n) is 4.27. The molecule has 1 aliphatic rings. The minimum Gasteiger partial charge on any atom is -0.357 e. The van der Waals surface area contributed by atoms with E-state index in [0.29, 0.717) is 23.3 Å². The molecule has 0 aromatic carbocycles. The third-order valence-corrected chi connectivity index (χ3v) is 4.95. The van der Waals surface area contributed by atoms with Crippen LogP contribution in [0.1, 0.15) is 6.92 Å². The number of sulfone groups is 1. The Morgan fingerprint density at radius 3 is 2.89 bits per heavy atom. The summed E-state index contributed by atoms with van der Waals surface area (Å²) in [4.78, 5) is 10.2. The standard InChI is InChI=1S/C10H15ClN4O2S/c1-7-6-18(16,17)4-3-15(7)9-8(11)5-13-10(12-2)14-9/h5,7H,3-4,6H2,1-2H3,(H,12,13,14). The van der Waals surface area contributed by atoms with E-state index in [1.54, 1.807) is 7.05 Å². The Labute approximate surface area is 111 Å². The van der Waals surface area contributed by atoms with Crippen LogP contribution in [0.5, 0.6) is 0 Å². The fourth-order valence-corrected chi connectivity index (χ4v) is 3.75. The van der Waals surface area contributed by atoms with Crippen LogP contribution in [0.25, 0.3) is 0 Å². The van der Waals surface area contributed by atoms with Crippen molar-refractivity contribution in [2.24, 2.45) is 0 Å². The molecule has 1 saturated heterocycles. The van der Waals surface area contributed by atoms with Gasteiger partial charge in [0, 0.05) is 19.6 Å². The van der Waals surface area contributed by atoms with Crippen LogP contribution in [0.15, 0.2) is 6.20 Å². The van der Waals surface area contributed by atoms with E-state index < -0.39 is 9.84 Å². The predicted octanol–water partition coefficient (Wildman–Crippen LogP) is 0.795. The van der Waals surface area contributed by atoms with Crippen molar-refractivity contribution in [1.82, 2.24) is 9.97 Å². The van der Waals surface area contributed by atoms with Crippen molar-refractivity contribution in [3.63, 3.8) is 0 Å². The lowest BCUT2D eigenvalue weighted by Crippen LogP contribution is -2.47. The van der Waals surface area contributed by atoms with Crippen molar-refractivity contribution in [3.8, 4) is 0 Å². The van der Waals surface area contributed by atoms with Gasteiger partial charge in [-0.2, -0.15) is 4.98 Å². The van der Waals surface area contributed by atoms with E-state index in [9.17, 15) is 8.42 Å². The summed E-state index contributed by atoms with van der Waals surface area (Å²) in [7, 11) is -1.23. The maximum absolute atomic E-state index is 11.5. The van der Waals surface area contributed by atoms with Gasteiger partial charge in [0.2, 0.25) is 5.95 Å². The topological polar surface area (TPSA) is 75.2 Å². The van der Waals surface area contributed by atoms with E-state index in [-0.39, 0.29) is 17.5 Å². The molecule has 1 fully saturated rings. The van der Waals surface area contributed by atoms with Gasteiger partial charge >= 0.3 is 0 Å². The average Bonchev–Trinajstić information content (AvgIpc) is 2.29. The van der Waals surface area contributed by atoms with Gasteiger partial charge < -0.3 is 10.2 Å². The zero-order valence-electron chi connectivity index (χ0n) is 10.2. The molecule has 1 aromatic heterocycles. The zero-order valence-corrected chi connectivity index (χ0v) is 11.8. The van der Waals surface area contributed by atoms with Gasteiger partial charge in [-0.1, -0.05) is 11.6 Å². The number of hydrogen-bond acceptors (Lipinski definition) is 6. The summed E-state index contributed by atoms with van der Waals surface area (Å²) in [5.41, 5.74) is 0. The summed E-state index contributed by atoms with van der Waals surface area (Å²) in [5, 5.41) is 3.27. The van der Waals surface area contributed by atoms with E-state index in [1.807, 2.05) is 11.8 Å². The number of halogens is 1. The van der Waals surface area contributed by atoms with Crippen LogP contribution in [0.4, 0.5) is 11.8 Å². The lowest BCUT2D eigenvalue weighted by atomic mass is 10.3. The number of nitrogens with one attached hydrogen (secondary N) is 1. The minimum atomic E-state index is -2.95. The molecule has 1 unspecified atom stereocenters. The molecular weight excluding hydrogens is 276 g/mol. The summed E-state index contributed by atoms with van der Waals surface area (Å²) >= 11 is 6.08. The smallest absolute Gasteiger partial charge is 0.224 e. The van der Waals surface area contributed by atoms with E-state index in [1.165, 1.54) is 6.20 Å². The van der Waals surface area contributed by atoms with Crippen LogP contribution in [0.2, 0.25) is 5.02 Å². The highest BCUT2D eigenvalue weighted by atomic mass is 35.5. The van der Waals surface area contributed by atoms with E-state index >= 15 is 0 Å². The fourth-order valence-electron chi connectivity index (χ4n) is 1.99. The summed E-state index contributed by atoms with van der Waals surface area (Å²) in [6, 6.07) is -0.138. The van der Waals surface area contributed by atoms with Crippen LogP contribution < -0.4 is 10.2 Å². The number of anilines is 2. The zero-order chi connectivity index (χ0) is 13.3. The van der Waals surface area contributed by atoms with Crippen LogP contribution in [0.3, 0.4) is 0 Å². The Morgan fingerprint density at radius 1 is 1.56 bits per heavy atom. The van der Waals surface area contributed by atoms with E-state index in [2.05, 4.69) is 15.3 Å². The minimum absolute atomic E-state index is 0.127. The SMILES string of the molecule is CNc1ncc(Cl)c(N2CCS(=O)(=O)CC2C)n1. The molecule has 0 aliphatic carbocycles. The van der Waals surface area contributed by atoms with Crippen molar-refractivity contribution in [3.05, 3.63) is 11.2 Å². The summed E-state index contributed by atoms with van der Waals surface area (Å²) < 4.78 is 23.1. The molecule has 6 nitrogen and oxygen atoms in total. The maximum atomic E-state index is 11.5. The number of aromatic nitrogens is 2. The highest BCUT2D eigenvalue weighted by molar-refractivity contribution is 7.91. The molecule has 1 aromatic rings. The maximum Gasteiger partial charge on any atom is 0.224 e. The Bertz CT molecular complexity index is 549. The summed E-state index contributed by atoms with van der Waals surface area (Å²) in [6.07, 6.45) is 1.52. The van der Waals surface area contributed by atoms with Crippen molar-refractivity contribution in [2.45, 2.75) is 13.0 Å². The monoisotopic (exact) mass is 290 g/mol. The van der Waals surface area contributed by atoms with Gasteiger partial charge in [-0.3, -0.25) is 0 Å². The van der Waals surface area contributed by atoms with Crippen molar-refractivity contribution < 1.29 is 8.42 Å². The molecule has 2 rings (SSSR count). The first-order valence-electron chi connectivity index (χ1n) is 5.60. The fraction of sp³-hybridized carbons (Fsp3) is 0.600. The highest BCUT2D eigenvalue weighted by Crippen LogP contribution is 2.27. The molecule has 0 saturated carbocycles. The third kappa shape index (κ3) is 2.67. The highest BCUT2D eigenvalue weighted by Gasteiger charge is 2.30. The van der Waals surface area contributed by atoms with Crippen molar-refractivity contribution in [1.29, 1.82) is 0 Å². The van der Waals surface area contributed by atoms with Gasteiger partial charge in [0.05, 0.1) is 17.7 Å². The Kier molecular flexibility index (Phi) is 3.63. The second kappa shape index (κ2) is 4.89. The molecule has 100 valence electrons. The number of nitrogens with zero attached hydrogens (tertiary/aromatic N) is 3. The summed E-state index contributed by atoms with van der Waals surface area (Å²) in [6.45, 7) is 2.26. The predicted molar refractivity (Wildman–Crippen MR) is 72.1 cm³/mol. The molecule has 8 heteroatoms. The third-order valence-electron chi connectivity index (χ3n) is 2.89. The molecule has 0 bridgehead atoms. The van der Waals surface area contributed by atoms with Gasteiger partial charge in [0.15, 0.2) is 15.7 Å². The molecule has 1 atom stereocenters. The first kappa shape index (κ1) is 13.4. The van der Waals surface area contributed by atoms with Gasteiger partial charge in [0.25, 0.3) is 0 Å². The molecule has 18 heavy (non-hydrogen) atoms. The van der Waals surface area contributed by atoms with E-state index in [0.717, 1.165) is 0 Å². The lowest BCUT2D eigenvalue weighted by molar-refractivity contribution is 0.567. The molecule has 0 amide bonds. The average molecular weight is 291 g/mol. The molecule has 1 N–H and O–H groups in total. The number of rotatable bonds is 2. The Morgan fingerprint density at radius 2 is 2.28 bits per heavy atom. The first-order valence-corrected chi connectivity index (χ1v) is 7.80. The van der Waals surface area contributed by atoms with Crippen molar-refractivity contribution >= 4 is 33.2 Å². The Balaban J connectivity index is 2.32. The second-order valence-corrected chi connectivity index (χ2v) is 6.91. The van der Waals surface area contributed by atoms with Gasteiger partial charge in [-0.05, 0) is 6.92 Å². The molecule has 1 aliphatic heterocycles. The largest absolute Gasteiger partial charge is 0.357 e. The Hall–Kier alpha value is -1.08. The van der Waals surface area contributed by atoms with E-state index in [4.69, 9.17) is 11.6 Å². The molecule has 2 heterocycles. The molecule has 0 radical (unpaired) electrons. The molecule has 0 spiro atoms. The van der Waals surface area contributed by atoms with Gasteiger partial charge in [-0.25, -0.2) is 13.4 Å². The number of hydrogen-bond donors (Lipinski definition) is 1. The van der Waals surface area contributed by atoms with Crippen LogP contribution in [-0.2, 0) is 9.84 Å². The lowest BCUT2D eigenvalue weighted by Gasteiger charge is -2.34. The first-order chi connectivity index (χ1) is 8.43.